The maximum absolute atomic E-state index is 12.5. The fraction of sp³-hybridized carbons (Fsp3) is 0.455. The number of hydrogen-bond acceptors (Lipinski definition) is 3. The summed E-state index contributed by atoms with van der Waals surface area (Å²) in [5, 5.41) is 11.8. The van der Waals surface area contributed by atoms with Crippen molar-refractivity contribution in [2.75, 3.05) is 6.54 Å². The van der Waals surface area contributed by atoms with Crippen molar-refractivity contribution in [3.8, 4) is 0 Å². The fourth-order valence-corrected chi connectivity index (χ4v) is 1.72. The molecule has 1 amide bonds. The highest BCUT2D eigenvalue weighted by Crippen LogP contribution is 2.26. The molecular formula is C11H13FN2O2. The molecule has 0 saturated heterocycles. The molecule has 0 aliphatic heterocycles. The summed E-state index contributed by atoms with van der Waals surface area (Å²) >= 11 is 0. The van der Waals surface area contributed by atoms with Gasteiger partial charge in [-0.05, 0) is 30.9 Å². The number of aromatic nitrogens is 1. The average molecular weight is 224 g/mol. The summed E-state index contributed by atoms with van der Waals surface area (Å²) in [6.45, 7) is 0.549. The number of nitrogens with zero attached hydrogens (tertiary/aromatic N) is 1. The van der Waals surface area contributed by atoms with Crippen molar-refractivity contribution in [2.24, 2.45) is 5.92 Å². The van der Waals surface area contributed by atoms with Crippen molar-refractivity contribution >= 4 is 5.91 Å². The van der Waals surface area contributed by atoms with Crippen LogP contribution in [0.15, 0.2) is 18.3 Å². The molecule has 0 atom stereocenters. The van der Waals surface area contributed by atoms with Gasteiger partial charge in [0.2, 0.25) is 5.95 Å². The highest BCUT2D eigenvalue weighted by atomic mass is 19.1. The first kappa shape index (κ1) is 11.0. The van der Waals surface area contributed by atoms with Gasteiger partial charge in [0, 0.05) is 12.7 Å². The Balaban J connectivity index is 1.81. The summed E-state index contributed by atoms with van der Waals surface area (Å²) in [6, 6.07) is 2.55. The molecule has 2 rings (SSSR count). The largest absolute Gasteiger partial charge is 0.393 e. The Bertz CT molecular complexity index is 374. The Hall–Kier alpha value is -1.49. The second-order valence-corrected chi connectivity index (χ2v) is 4.07. The maximum Gasteiger partial charge on any atom is 0.252 e. The Morgan fingerprint density at radius 1 is 1.56 bits per heavy atom. The van der Waals surface area contributed by atoms with Crippen LogP contribution in [-0.2, 0) is 0 Å². The molecule has 86 valence electrons. The van der Waals surface area contributed by atoms with Gasteiger partial charge in [0.05, 0.1) is 11.7 Å². The molecule has 1 saturated carbocycles. The Kier molecular flexibility index (Phi) is 3.14. The SMILES string of the molecule is O=C(NCC1CC(O)C1)c1ccc(F)nc1. The zero-order valence-electron chi connectivity index (χ0n) is 8.69. The van der Waals surface area contributed by atoms with Crippen molar-refractivity contribution in [3.05, 3.63) is 29.8 Å². The van der Waals surface area contributed by atoms with Crippen molar-refractivity contribution in [3.63, 3.8) is 0 Å². The normalized spacial score (nSPS) is 23.6. The molecule has 0 aromatic carbocycles. The first-order chi connectivity index (χ1) is 7.65. The van der Waals surface area contributed by atoms with E-state index in [1.54, 1.807) is 0 Å². The van der Waals surface area contributed by atoms with Crippen LogP contribution in [-0.4, -0.2) is 28.6 Å². The van der Waals surface area contributed by atoms with Crippen LogP contribution in [0.25, 0.3) is 0 Å². The molecule has 5 heteroatoms. The maximum atomic E-state index is 12.5. The lowest BCUT2D eigenvalue weighted by Crippen LogP contribution is -2.38. The van der Waals surface area contributed by atoms with E-state index < -0.39 is 5.95 Å². The third-order valence-corrected chi connectivity index (χ3v) is 2.75. The van der Waals surface area contributed by atoms with Gasteiger partial charge in [-0.1, -0.05) is 0 Å². The lowest BCUT2D eigenvalue weighted by molar-refractivity contribution is 0.0420. The quantitative estimate of drug-likeness (QED) is 0.744. The molecule has 2 N–H and O–H groups in total. The standard InChI is InChI=1S/C11H13FN2O2/c12-10-2-1-8(6-13-10)11(16)14-5-7-3-9(15)4-7/h1-2,6-7,9,15H,3-5H2,(H,14,16). The Morgan fingerprint density at radius 2 is 2.31 bits per heavy atom. The zero-order valence-corrected chi connectivity index (χ0v) is 8.69. The number of rotatable bonds is 3. The molecule has 0 bridgehead atoms. The predicted molar refractivity (Wildman–Crippen MR) is 55.3 cm³/mol. The minimum absolute atomic E-state index is 0.214. The van der Waals surface area contributed by atoms with Crippen LogP contribution in [0.2, 0.25) is 0 Å². The molecule has 1 aliphatic carbocycles. The molecule has 0 spiro atoms. The molecule has 1 aliphatic rings. The van der Waals surface area contributed by atoms with Gasteiger partial charge in [0.15, 0.2) is 0 Å². The first-order valence-corrected chi connectivity index (χ1v) is 5.23. The summed E-state index contributed by atoms with van der Waals surface area (Å²) in [5.74, 6) is -0.500. The van der Waals surface area contributed by atoms with Crippen LogP contribution in [0, 0.1) is 11.9 Å². The van der Waals surface area contributed by atoms with Gasteiger partial charge in [-0.25, -0.2) is 4.98 Å². The highest BCUT2D eigenvalue weighted by Gasteiger charge is 2.27. The Morgan fingerprint density at radius 3 is 2.88 bits per heavy atom. The van der Waals surface area contributed by atoms with E-state index in [9.17, 15) is 9.18 Å². The number of nitrogens with one attached hydrogen (secondary N) is 1. The van der Waals surface area contributed by atoms with E-state index in [-0.39, 0.29) is 12.0 Å². The van der Waals surface area contributed by atoms with Crippen LogP contribution in [0.4, 0.5) is 4.39 Å². The number of carbonyl (C=O) groups excluding carboxylic acids is 1. The van der Waals surface area contributed by atoms with E-state index in [0.717, 1.165) is 18.9 Å². The number of aliphatic hydroxyl groups is 1. The summed E-state index contributed by atoms with van der Waals surface area (Å²) < 4.78 is 12.5. The van der Waals surface area contributed by atoms with E-state index in [1.807, 2.05) is 0 Å². The van der Waals surface area contributed by atoms with E-state index in [1.165, 1.54) is 12.3 Å². The summed E-state index contributed by atoms with van der Waals surface area (Å²) in [7, 11) is 0. The first-order valence-electron chi connectivity index (χ1n) is 5.23. The lowest BCUT2D eigenvalue weighted by atomic mass is 9.82. The summed E-state index contributed by atoms with van der Waals surface area (Å²) in [4.78, 5) is 15.0. The monoisotopic (exact) mass is 224 g/mol. The summed E-state index contributed by atoms with van der Waals surface area (Å²) in [6.07, 6.45) is 2.47. The molecule has 1 fully saturated rings. The van der Waals surface area contributed by atoms with Crippen molar-refractivity contribution < 1.29 is 14.3 Å². The van der Waals surface area contributed by atoms with E-state index >= 15 is 0 Å². The van der Waals surface area contributed by atoms with Crippen LogP contribution in [0.1, 0.15) is 23.2 Å². The van der Waals surface area contributed by atoms with Gasteiger partial charge in [-0.3, -0.25) is 4.79 Å². The van der Waals surface area contributed by atoms with Crippen LogP contribution in [0.3, 0.4) is 0 Å². The minimum atomic E-state index is -0.598. The average Bonchev–Trinajstić information content (AvgIpc) is 2.23. The molecule has 1 heterocycles. The van der Waals surface area contributed by atoms with Gasteiger partial charge < -0.3 is 10.4 Å². The lowest BCUT2D eigenvalue weighted by Gasteiger charge is -2.31. The van der Waals surface area contributed by atoms with Gasteiger partial charge in [-0.2, -0.15) is 4.39 Å². The number of pyridine rings is 1. The molecular weight excluding hydrogens is 211 g/mol. The van der Waals surface area contributed by atoms with Crippen LogP contribution < -0.4 is 5.32 Å². The van der Waals surface area contributed by atoms with Crippen molar-refractivity contribution in [1.82, 2.24) is 10.3 Å². The third kappa shape index (κ3) is 2.55. The van der Waals surface area contributed by atoms with E-state index in [2.05, 4.69) is 10.3 Å². The van der Waals surface area contributed by atoms with Crippen LogP contribution >= 0.6 is 0 Å². The number of hydrogen-bond donors (Lipinski definition) is 2. The number of amides is 1. The fourth-order valence-electron chi connectivity index (χ4n) is 1.72. The summed E-state index contributed by atoms with van der Waals surface area (Å²) in [5.41, 5.74) is 0.348. The van der Waals surface area contributed by atoms with Gasteiger partial charge >= 0.3 is 0 Å². The highest BCUT2D eigenvalue weighted by molar-refractivity contribution is 5.93. The van der Waals surface area contributed by atoms with E-state index in [0.29, 0.717) is 18.0 Å². The molecule has 16 heavy (non-hydrogen) atoms. The van der Waals surface area contributed by atoms with E-state index in [4.69, 9.17) is 5.11 Å². The van der Waals surface area contributed by atoms with Crippen LogP contribution in [0.5, 0.6) is 0 Å². The number of carbonyl (C=O) groups is 1. The zero-order chi connectivity index (χ0) is 11.5. The predicted octanol–water partition coefficient (Wildman–Crippen LogP) is 0.721. The molecule has 4 nitrogen and oxygen atoms in total. The Labute approximate surface area is 92.5 Å². The molecule has 0 unspecified atom stereocenters. The number of aliphatic hydroxyl groups excluding tert-OH is 1. The number of halogens is 1. The topological polar surface area (TPSA) is 62.2 Å². The van der Waals surface area contributed by atoms with Crippen molar-refractivity contribution in [2.45, 2.75) is 18.9 Å². The second-order valence-electron chi connectivity index (χ2n) is 4.07. The van der Waals surface area contributed by atoms with Gasteiger partial charge in [0.1, 0.15) is 0 Å². The minimum Gasteiger partial charge on any atom is -0.393 e. The second kappa shape index (κ2) is 4.57. The molecule has 1 aromatic rings. The van der Waals surface area contributed by atoms with Gasteiger partial charge in [0.25, 0.3) is 5.91 Å². The smallest absolute Gasteiger partial charge is 0.252 e. The molecule has 0 radical (unpaired) electrons. The third-order valence-electron chi connectivity index (χ3n) is 2.75. The van der Waals surface area contributed by atoms with Gasteiger partial charge in [-0.15, -0.1) is 0 Å². The molecule has 1 aromatic heterocycles. The van der Waals surface area contributed by atoms with Crippen molar-refractivity contribution in [1.29, 1.82) is 0 Å².